The number of hydrogen-bond donors (Lipinski definition) is 1. The number of nitrogens with zero attached hydrogens (tertiary/aromatic N) is 1. The molecule has 0 unspecified atom stereocenters. The Morgan fingerprint density at radius 1 is 1.42 bits per heavy atom. The van der Waals surface area contributed by atoms with Gasteiger partial charge in [0.05, 0.1) is 12.7 Å². The summed E-state index contributed by atoms with van der Waals surface area (Å²) in [5.41, 5.74) is 1.45. The predicted octanol–water partition coefficient (Wildman–Crippen LogP) is 3.02. The maximum atomic E-state index is 5.59. The Kier molecular flexibility index (Phi) is 7.61. The van der Waals surface area contributed by atoms with Gasteiger partial charge in [0.2, 0.25) is 0 Å². The molecule has 0 radical (unpaired) electrons. The molecule has 0 aliphatic rings. The van der Waals surface area contributed by atoms with Crippen molar-refractivity contribution in [1.82, 2.24) is 10.2 Å². The molecule has 0 amide bonds. The molecule has 1 aromatic rings. The standard InChI is InChI=1S/C15H28N2OS/c1-6-16-10-15-9-14(13(4)19-15)11-17(5)7-8-18-12(2)3/h9,12,16H,6-8,10-11H2,1-5H3. The average Bonchev–Trinajstić information content (AvgIpc) is 2.67. The number of nitrogens with one attached hydrogen (secondary N) is 1. The van der Waals surface area contributed by atoms with E-state index in [-0.39, 0.29) is 0 Å². The van der Waals surface area contributed by atoms with Crippen molar-refractivity contribution in [3.05, 3.63) is 21.4 Å². The van der Waals surface area contributed by atoms with Crippen LogP contribution >= 0.6 is 11.3 Å². The van der Waals surface area contributed by atoms with Gasteiger partial charge in [-0.05, 0) is 46.0 Å². The van der Waals surface area contributed by atoms with Crippen molar-refractivity contribution in [2.45, 2.75) is 46.9 Å². The van der Waals surface area contributed by atoms with Gasteiger partial charge in [-0.1, -0.05) is 6.92 Å². The molecule has 1 aromatic heterocycles. The molecule has 0 spiro atoms. The summed E-state index contributed by atoms with van der Waals surface area (Å²) >= 11 is 1.90. The smallest absolute Gasteiger partial charge is 0.0596 e. The molecule has 0 saturated carbocycles. The van der Waals surface area contributed by atoms with Gasteiger partial charge in [-0.2, -0.15) is 0 Å². The summed E-state index contributed by atoms with van der Waals surface area (Å²) < 4.78 is 5.59. The highest BCUT2D eigenvalue weighted by Crippen LogP contribution is 2.22. The zero-order valence-corrected chi connectivity index (χ0v) is 13.8. The number of likely N-dealkylation sites (N-methyl/N-ethyl adjacent to an activating group) is 1. The molecule has 1 N–H and O–H groups in total. The van der Waals surface area contributed by atoms with Crippen LogP contribution in [0.2, 0.25) is 0 Å². The molecule has 19 heavy (non-hydrogen) atoms. The lowest BCUT2D eigenvalue weighted by Crippen LogP contribution is -2.24. The topological polar surface area (TPSA) is 24.5 Å². The summed E-state index contributed by atoms with van der Waals surface area (Å²) in [7, 11) is 2.16. The normalized spacial score (nSPS) is 11.7. The monoisotopic (exact) mass is 284 g/mol. The third-order valence-electron chi connectivity index (χ3n) is 2.99. The molecule has 0 aliphatic carbocycles. The molecule has 110 valence electrons. The van der Waals surface area contributed by atoms with Gasteiger partial charge < -0.3 is 10.1 Å². The molecule has 0 atom stereocenters. The third-order valence-corrected chi connectivity index (χ3v) is 4.08. The lowest BCUT2D eigenvalue weighted by atomic mass is 10.2. The number of rotatable bonds is 9. The minimum absolute atomic E-state index is 0.322. The lowest BCUT2D eigenvalue weighted by molar-refractivity contribution is 0.0627. The summed E-state index contributed by atoms with van der Waals surface area (Å²) in [6.45, 7) is 13.3. The fourth-order valence-electron chi connectivity index (χ4n) is 1.89. The molecule has 3 nitrogen and oxygen atoms in total. The van der Waals surface area contributed by atoms with Gasteiger partial charge in [0.15, 0.2) is 0 Å². The molecule has 0 fully saturated rings. The maximum Gasteiger partial charge on any atom is 0.0596 e. The van der Waals surface area contributed by atoms with Gasteiger partial charge in [0.25, 0.3) is 0 Å². The first-order valence-electron chi connectivity index (χ1n) is 7.12. The lowest BCUT2D eigenvalue weighted by Gasteiger charge is -2.17. The molecule has 0 aromatic carbocycles. The van der Waals surface area contributed by atoms with E-state index in [4.69, 9.17) is 4.74 Å². The highest BCUT2D eigenvalue weighted by atomic mass is 32.1. The van der Waals surface area contributed by atoms with E-state index < -0.39 is 0 Å². The van der Waals surface area contributed by atoms with Crippen LogP contribution in [-0.2, 0) is 17.8 Å². The van der Waals surface area contributed by atoms with Crippen LogP contribution in [0.15, 0.2) is 6.07 Å². The summed E-state index contributed by atoms with van der Waals surface area (Å²) in [5.74, 6) is 0. The van der Waals surface area contributed by atoms with Gasteiger partial charge in [0, 0.05) is 29.4 Å². The van der Waals surface area contributed by atoms with Crippen molar-refractivity contribution in [2.24, 2.45) is 0 Å². The molecular weight excluding hydrogens is 256 g/mol. The second kappa shape index (κ2) is 8.69. The summed E-state index contributed by atoms with van der Waals surface area (Å²) in [4.78, 5) is 5.19. The second-order valence-electron chi connectivity index (χ2n) is 5.23. The van der Waals surface area contributed by atoms with Crippen LogP contribution in [0.5, 0.6) is 0 Å². The van der Waals surface area contributed by atoms with E-state index in [1.807, 2.05) is 11.3 Å². The molecule has 0 bridgehead atoms. The van der Waals surface area contributed by atoms with Crippen LogP contribution in [0.4, 0.5) is 0 Å². The minimum Gasteiger partial charge on any atom is -0.377 e. The predicted molar refractivity (Wildman–Crippen MR) is 83.9 cm³/mol. The van der Waals surface area contributed by atoms with Crippen LogP contribution in [-0.4, -0.2) is 37.7 Å². The molecular formula is C15H28N2OS. The van der Waals surface area contributed by atoms with E-state index >= 15 is 0 Å². The van der Waals surface area contributed by atoms with E-state index in [0.29, 0.717) is 6.10 Å². The van der Waals surface area contributed by atoms with Crippen LogP contribution in [0.3, 0.4) is 0 Å². The zero-order chi connectivity index (χ0) is 14.3. The minimum atomic E-state index is 0.322. The second-order valence-corrected chi connectivity index (χ2v) is 6.57. The Labute approximate surface area is 122 Å². The fourth-order valence-corrected chi connectivity index (χ4v) is 2.92. The molecule has 4 heteroatoms. The van der Waals surface area contributed by atoms with E-state index in [9.17, 15) is 0 Å². The average molecular weight is 284 g/mol. The maximum absolute atomic E-state index is 5.59. The van der Waals surface area contributed by atoms with Crippen molar-refractivity contribution in [2.75, 3.05) is 26.7 Å². The van der Waals surface area contributed by atoms with Gasteiger partial charge in [0.1, 0.15) is 0 Å². The third kappa shape index (κ3) is 6.52. The number of thiophene rings is 1. The first-order chi connectivity index (χ1) is 9.02. The molecule has 0 aliphatic heterocycles. The van der Waals surface area contributed by atoms with Gasteiger partial charge >= 0.3 is 0 Å². The largest absolute Gasteiger partial charge is 0.377 e. The number of hydrogen-bond acceptors (Lipinski definition) is 4. The van der Waals surface area contributed by atoms with Gasteiger partial charge in [-0.15, -0.1) is 11.3 Å². The molecule has 1 heterocycles. The first-order valence-corrected chi connectivity index (χ1v) is 7.93. The summed E-state index contributed by atoms with van der Waals surface area (Å²) in [5, 5.41) is 3.38. The molecule has 1 rings (SSSR count). The Morgan fingerprint density at radius 3 is 2.79 bits per heavy atom. The van der Waals surface area contributed by atoms with Crippen LogP contribution in [0.25, 0.3) is 0 Å². The van der Waals surface area contributed by atoms with Crippen molar-refractivity contribution in [1.29, 1.82) is 0 Å². The van der Waals surface area contributed by atoms with Crippen molar-refractivity contribution in [3.63, 3.8) is 0 Å². The quantitative estimate of drug-likeness (QED) is 0.754. The number of ether oxygens (including phenoxy) is 1. The van der Waals surface area contributed by atoms with Crippen LogP contribution in [0.1, 0.15) is 36.1 Å². The van der Waals surface area contributed by atoms with E-state index in [2.05, 4.69) is 51.0 Å². The Balaban J connectivity index is 2.40. The van der Waals surface area contributed by atoms with Gasteiger partial charge in [-0.3, -0.25) is 4.90 Å². The van der Waals surface area contributed by atoms with E-state index in [1.54, 1.807) is 0 Å². The van der Waals surface area contributed by atoms with Crippen molar-refractivity contribution >= 4 is 11.3 Å². The van der Waals surface area contributed by atoms with Crippen LogP contribution < -0.4 is 5.32 Å². The SMILES string of the molecule is CCNCc1cc(CN(C)CCOC(C)C)c(C)s1. The fraction of sp³-hybridized carbons (Fsp3) is 0.733. The Morgan fingerprint density at radius 2 is 2.16 bits per heavy atom. The zero-order valence-electron chi connectivity index (χ0n) is 13.0. The van der Waals surface area contributed by atoms with Crippen molar-refractivity contribution in [3.8, 4) is 0 Å². The summed E-state index contributed by atoms with van der Waals surface area (Å²) in [6.07, 6.45) is 0.322. The molecule has 0 saturated heterocycles. The highest BCUT2D eigenvalue weighted by molar-refractivity contribution is 7.12. The van der Waals surface area contributed by atoms with E-state index in [0.717, 1.165) is 32.8 Å². The summed E-state index contributed by atoms with van der Waals surface area (Å²) in [6, 6.07) is 2.34. The van der Waals surface area contributed by atoms with Gasteiger partial charge in [-0.25, -0.2) is 0 Å². The van der Waals surface area contributed by atoms with Crippen LogP contribution in [0, 0.1) is 6.92 Å². The Bertz CT molecular complexity index is 363. The highest BCUT2D eigenvalue weighted by Gasteiger charge is 2.08. The number of aryl methyl sites for hydroxylation is 1. The van der Waals surface area contributed by atoms with E-state index in [1.165, 1.54) is 15.3 Å². The Hall–Kier alpha value is -0.420. The first kappa shape index (κ1) is 16.6. The van der Waals surface area contributed by atoms with Crippen molar-refractivity contribution < 1.29 is 4.74 Å².